The van der Waals surface area contributed by atoms with E-state index in [9.17, 15) is 24.3 Å². The van der Waals surface area contributed by atoms with Gasteiger partial charge >= 0.3 is 11.9 Å². The third kappa shape index (κ3) is 3.46. The quantitative estimate of drug-likeness (QED) is 0.468. The largest absolute Gasteiger partial charge is 0.477 e. The minimum absolute atomic E-state index is 0.195. The zero-order valence-corrected chi connectivity index (χ0v) is 16.7. The summed E-state index contributed by atoms with van der Waals surface area (Å²) in [6.45, 7) is 1.02. The third-order valence-electron chi connectivity index (χ3n) is 4.10. The first-order valence-corrected chi connectivity index (χ1v) is 9.58. The number of rotatable bonds is 5. The van der Waals surface area contributed by atoms with Crippen LogP contribution in [0.1, 0.15) is 17.4 Å². The normalized spacial score (nSPS) is 21.4. The molecular formula is C15H15BrN4O6S. The number of carbonyl (C=O) groups is 4. The van der Waals surface area contributed by atoms with Gasteiger partial charge in [0.05, 0.1) is 10.7 Å². The number of amides is 2. The average Bonchev–Trinajstić information content (AvgIpc) is 2.94. The van der Waals surface area contributed by atoms with Gasteiger partial charge in [0.25, 0.3) is 11.8 Å². The summed E-state index contributed by atoms with van der Waals surface area (Å²) in [5.74, 6) is -2.58. The second-order valence-electron chi connectivity index (χ2n) is 5.86. The second-order valence-corrected chi connectivity index (χ2v) is 7.82. The minimum atomic E-state index is -1.28. The number of fused-ring (bicyclic) bond motifs is 1. The molecule has 1 aromatic rings. The van der Waals surface area contributed by atoms with Crippen molar-refractivity contribution in [3.05, 3.63) is 27.6 Å². The summed E-state index contributed by atoms with van der Waals surface area (Å²) >= 11 is 4.52. The van der Waals surface area contributed by atoms with Crippen molar-refractivity contribution in [1.82, 2.24) is 20.0 Å². The standard InChI is InChI=1S/C15H15BrN4O6S/c1-6(21)26-4-7-5-27-14-9(13(23)20(14)10(7)15(24)25)18-12(22)11-8(16)3-17-19(11)2/h3,9,14H,4-5H2,1-2H3,(H,18,22)(H,24,25). The highest BCUT2D eigenvalue weighted by Gasteiger charge is 2.54. The highest BCUT2D eigenvalue weighted by Crippen LogP contribution is 2.40. The number of nitrogens with one attached hydrogen (secondary N) is 1. The summed E-state index contributed by atoms with van der Waals surface area (Å²) in [5, 5.41) is 15.5. The van der Waals surface area contributed by atoms with Gasteiger partial charge in [-0.25, -0.2) is 4.79 Å². The van der Waals surface area contributed by atoms with Crippen molar-refractivity contribution in [1.29, 1.82) is 0 Å². The van der Waals surface area contributed by atoms with Crippen LogP contribution in [0.4, 0.5) is 0 Å². The van der Waals surface area contributed by atoms with Crippen LogP contribution < -0.4 is 5.32 Å². The highest BCUT2D eigenvalue weighted by atomic mass is 79.9. The lowest BCUT2D eigenvalue weighted by atomic mass is 10.0. The fraction of sp³-hybridized carbons (Fsp3) is 0.400. The summed E-state index contributed by atoms with van der Waals surface area (Å²) in [6, 6.07) is -0.853. The van der Waals surface area contributed by atoms with E-state index in [4.69, 9.17) is 4.74 Å². The monoisotopic (exact) mass is 458 g/mol. The van der Waals surface area contributed by atoms with E-state index in [0.29, 0.717) is 10.0 Å². The Bertz CT molecular complexity index is 862. The number of aryl methyl sites for hydroxylation is 1. The minimum Gasteiger partial charge on any atom is -0.477 e. The number of ether oxygens (including phenoxy) is 1. The van der Waals surface area contributed by atoms with Gasteiger partial charge in [-0.1, -0.05) is 0 Å². The Kier molecular flexibility index (Phi) is 5.29. The molecule has 0 saturated carbocycles. The van der Waals surface area contributed by atoms with Gasteiger partial charge in [-0.2, -0.15) is 5.10 Å². The Morgan fingerprint density at radius 1 is 1.48 bits per heavy atom. The topological polar surface area (TPSA) is 131 Å². The van der Waals surface area contributed by atoms with E-state index in [0.717, 1.165) is 4.90 Å². The van der Waals surface area contributed by atoms with E-state index in [1.165, 1.54) is 29.6 Å². The zero-order valence-electron chi connectivity index (χ0n) is 14.3. The number of halogens is 1. The SMILES string of the molecule is CC(=O)OCC1=C(C(=O)O)N2C(=O)C(NC(=O)c3c(Br)cnn3C)C2SC1. The molecule has 0 aliphatic carbocycles. The van der Waals surface area contributed by atoms with E-state index < -0.39 is 35.2 Å². The fourth-order valence-electron chi connectivity index (χ4n) is 2.86. The average molecular weight is 459 g/mol. The summed E-state index contributed by atoms with van der Waals surface area (Å²) in [5.41, 5.74) is 0.398. The molecular weight excluding hydrogens is 444 g/mol. The lowest BCUT2D eigenvalue weighted by Gasteiger charge is -2.49. The Balaban J connectivity index is 1.78. The molecule has 1 saturated heterocycles. The van der Waals surface area contributed by atoms with Crippen LogP contribution in [-0.2, 0) is 26.2 Å². The molecule has 3 heterocycles. The van der Waals surface area contributed by atoms with Crippen molar-refractivity contribution in [3.63, 3.8) is 0 Å². The van der Waals surface area contributed by atoms with Gasteiger partial charge in [0.1, 0.15) is 29.4 Å². The number of hydrogen-bond donors (Lipinski definition) is 2. The molecule has 10 nitrogen and oxygen atoms in total. The molecule has 3 rings (SSSR count). The Morgan fingerprint density at radius 3 is 2.74 bits per heavy atom. The molecule has 2 N–H and O–H groups in total. The van der Waals surface area contributed by atoms with Gasteiger partial charge in [-0.05, 0) is 15.9 Å². The maximum Gasteiger partial charge on any atom is 0.352 e. The van der Waals surface area contributed by atoms with E-state index >= 15 is 0 Å². The van der Waals surface area contributed by atoms with E-state index in [1.807, 2.05) is 0 Å². The molecule has 144 valence electrons. The Hall–Kier alpha value is -2.34. The summed E-state index contributed by atoms with van der Waals surface area (Å²) < 4.78 is 6.73. The van der Waals surface area contributed by atoms with Gasteiger partial charge in [0.2, 0.25) is 0 Å². The van der Waals surface area contributed by atoms with Crippen LogP contribution in [0, 0.1) is 0 Å². The molecule has 0 aromatic carbocycles. The molecule has 2 aliphatic rings. The maximum absolute atomic E-state index is 12.5. The summed E-state index contributed by atoms with van der Waals surface area (Å²) in [4.78, 5) is 48.7. The third-order valence-corrected chi connectivity index (χ3v) is 6.02. The first-order valence-electron chi connectivity index (χ1n) is 7.74. The van der Waals surface area contributed by atoms with Crippen molar-refractivity contribution in [2.45, 2.75) is 18.3 Å². The van der Waals surface area contributed by atoms with Crippen LogP contribution in [0.3, 0.4) is 0 Å². The van der Waals surface area contributed by atoms with Crippen molar-refractivity contribution >= 4 is 51.4 Å². The molecule has 12 heteroatoms. The maximum atomic E-state index is 12.5. The highest BCUT2D eigenvalue weighted by molar-refractivity contribution is 9.10. The van der Waals surface area contributed by atoms with Crippen LogP contribution in [-0.4, -0.2) is 67.3 Å². The van der Waals surface area contributed by atoms with Crippen LogP contribution in [0.2, 0.25) is 0 Å². The molecule has 27 heavy (non-hydrogen) atoms. The van der Waals surface area contributed by atoms with Crippen LogP contribution in [0.5, 0.6) is 0 Å². The summed E-state index contributed by atoms with van der Waals surface area (Å²) in [6.07, 6.45) is 1.46. The van der Waals surface area contributed by atoms with Gasteiger partial charge < -0.3 is 15.2 Å². The number of thioether (sulfide) groups is 1. The van der Waals surface area contributed by atoms with Crippen molar-refractivity contribution in [3.8, 4) is 0 Å². The van der Waals surface area contributed by atoms with Crippen molar-refractivity contribution in [2.75, 3.05) is 12.4 Å². The van der Waals surface area contributed by atoms with Gasteiger partial charge in [0, 0.05) is 25.3 Å². The van der Waals surface area contributed by atoms with E-state index in [-0.39, 0.29) is 23.8 Å². The molecule has 2 aliphatic heterocycles. The molecule has 0 radical (unpaired) electrons. The number of nitrogens with zero attached hydrogens (tertiary/aromatic N) is 3. The molecule has 0 spiro atoms. The Labute approximate surface area is 166 Å². The molecule has 2 atom stereocenters. The number of hydrogen-bond acceptors (Lipinski definition) is 7. The first kappa shape index (κ1) is 19.4. The number of carboxylic acids is 1. The zero-order chi connectivity index (χ0) is 19.9. The number of β-lactam (4-membered cyclic amide) rings is 1. The lowest BCUT2D eigenvalue weighted by Crippen LogP contribution is -2.70. The van der Waals surface area contributed by atoms with E-state index in [1.54, 1.807) is 7.05 Å². The van der Waals surface area contributed by atoms with Gasteiger partial charge in [-0.3, -0.25) is 24.0 Å². The summed E-state index contributed by atoms with van der Waals surface area (Å²) in [7, 11) is 1.59. The van der Waals surface area contributed by atoms with Crippen molar-refractivity contribution < 1.29 is 29.0 Å². The molecule has 2 unspecified atom stereocenters. The predicted molar refractivity (Wildman–Crippen MR) is 96.5 cm³/mol. The smallest absolute Gasteiger partial charge is 0.352 e. The molecule has 0 bridgehead atoms. The number of carboxylic acid groups (broad SMARTS) is 1. The van der Waals surface area contributed by atoms with Crippen molar-refractivity contribution in [2.24, 2.45) is 7.05 Å². The predicted octanol–water partition coefficient (Wildman–Crippen LogP) is 0.0979. The fourth-order valence-corrected chi connectivity index (χ4v) is 4.71. The van der Waals surface area contributed by atoms with E-state index in [2.05, 4.69) is 26.3 Å². The molecule has 1 fully saturated rings. The van der Waals surface area contributed by atoms with Crippen LogP contribution >= 0.6 is 27.7 Å². The number of esters is 1. The number of carbonyl (C=O) groups excluding carboxylic acids is 3. The second kappa shape index (κ2) is 7.35. The Morgan fingerprint density at radius 2 is 2.19 bits per heavy atom. The van der Waals surface area contributed by atoms with Crippen LogP contribution in [0.25, 0.3) is 0 Å². The number of aliphatic carboxylic acids is 1. The van der Waals surface area contributed by atoms with Crippen LogP contribution in [0.15, 0.2) is 21.9 Å². The van der Waals surface area contributed by atoms with Gasteiger partial charge in [0.15, 0.2) is 0 Å². The molecule has 2 amide bonds. The lowest BCUT2D eigenvalue weighted by molar-refractivity contribution is -0.149. The number of aromatic nitrogens is 2. The van der Waals surface area contributed by atoms with Gasteiger partial charge in [-0.15, -0.1) is 11.8 Å². The first-order chi connectivity index (χ1) is 12.7. The molecule has 1 aromatic heterocycles.